The first-order valence-corrected chi connectivity index (χ1v) is 6.71. The minimum absolute atomic E-state index is 0.128. The summed E-state index contributed by atoms with van der Waals surface area (Å²) < 4.78 is 15.3. The monoisotopic (exact) mass is 281 g/mol. The van der Waals surface area contributed by atoms with Gasteiger partial charge in [0.2, 0.25) is 0 Å². The van der Waals surface area contributed by atoms with Crippen LogP contribution in [0, 0.1) is 5.82 Å². The van der Waals surface area contributed by atoms with Gasteiger partial charge in [-0.2, -0.15) is 5.10 Å². The molecule has 102 valence electrons. The van der Waals surface area contributed by atoms with Crippen LogP contribution in [0.1, 0.15) is 24.6 Å². The highest BCUT2D eigenvalue weighted by atomic mass is 35.5. The lowest BCUT2D eigenvalue weighted by Crippen LogP contribution is -2.09. The Hall–Kier alpha value is -1.39. The molecule has 0 spiro atoms. The molecule has 0 radical (unpaired) electrons. The average molecular weight is 282 g/mol. The summed E-state index contributed by atoms with van der Waals surface area (Å²) in [6, 6.07) is 4.75. The average Bonchev–Trinajstić information content (AvgIpc) is 2.77. The fourth-order valence-electron chi connectivity index (χ4n) is 2.09. The molecule has 1 heterocycles. The van der Waals surface area contributed by atoms with Crippen LogP contribution in [0.15, 0.2) is 24.4 Å². The molecule has 0 fully saturated rings. The van der Waals surface area contributed by atoms with Gasteiger partial charge in [-0.15, -0.1) is 0 Å². The third-order valence-electron chi connectivity index (χ3n) is 2.96. The predicted molar refractivity (Wildman–Crippen MR) is 75.3 cm³/mol. The van der Waals surface area contributed by atoms with E-state index in [0.29, 0.717) is 5.69 Å². The van der Waals surface area contributed by atoms with Crippen LogP contribution < -0.4 is 5.32 Å². The molecule has 0 aliphatic rings. The maximum atomic E-state index is 13.6. The molecule has 1 aromatic heterocycles. The van der Waals surface area contributed by atoms with Crippen molar-refractivity contribution < 1.29 is 4.39 Å². The maximum Gasteiger partial charge on any atom is 0.143 e. The highest BCUT2D eigenvalue weighted by Crippen LogP contribution is 2.21. The summed E-state index contributed by atoms with van der Waals surface area (Å²) in [5.41, 5.74) is 2.95. The number of hydrogen-bond acceptors (Lipinski definition) is 2. The summed E-state index contributed by atoms with van der Waals surface area (Å²) in [5.74, 6) is -0.424. The van der Waals surface area contributed by atoms with E-state index in [1.54, 1.807) is 16.8 Å². The molecule has 0 saturated heterocycles. The predicted octanol–water partition coefficient (Wildman–Crippen LogP) is 3.34. The van der Waals surface area contributed by atoms with Crippen LogP contribution in [0.5, 0.6) is 0 Å². The van der Waals surface area contributed by atoms with E-state index < -0.39 is 5.82 Å². The first kappa shape index (κ1) is 14.0. The number of aromatic nitrogens is 2. The van der Waals surface area contributed by atoms with Gasteiger partial charge in [0, 0.05) is 23.9 Å². The lowest BCUT2D eigenvalue weighted by atomic mass is 10.1. The van der Waals surface area contributed by atoms with Crippen LogP contribution in [0.3, 0.4) is 0 Å². The lowest BCUT2D eigenvalue weighted by Gasteiger charge is -2.09. The summed E-state index contributed by atoms with van der Waals surface area (Å²) in [5, 5.41) is 7.61. The SMILES string of the molecule is CCCc1c(CNC)cnn1-c1ccc(Cl)c(F)c1. The zero-order chi connectivity index (χ0) is 13.8. The van der Waals surface area contributed by atoms with E-state index in [1.807, 2.05) is 13.2 Å². The van der Waals surface area contributed by atoms with Crippen molar-refractivity contribution in [3.05, 3.63) is 46.5 Å². The Morgan fingerprint density at radius 3 is 2.84 bits per heavy atom. The molecule has 0 saturated carbocycles. The van der Waals surface area contributed by atoms with E-state index in [0.717, 1.165) is 30.6 Å². The van der Waals surface area contributed by atoms with Crippen molar-refractivity contribution in [2.24, 2.45) is 0 Å². The molecule has 0 amide bonds. The first-order chi connectivity index (χ1) is 9.17. The number of nitrogens with one attached hydrogen (secondary N) is 1. The van der Waals surface area contributed by atoms with Crippen LogP contribution in [0.4, 0.5) is 4.39 Å². The Bertz CT molecular complexity index is 566. The van der Waals surface area contributed by atoms with Gasteiger partial charge in [-0.05, 0) is 25.6 Å². The van der Waals surface area contributed by atoms with E-state index in [1.165, 1.54) is 6.07 Å². The summed E-state index contributed by atoms with van der Waals surface area (Å²) in [4.78, 5) is 0. The normalized spacial score (nSPS) is 10.9. The molecule has 2 rings (SSSR count). The van der Waals surface area contributed by atoms with Gasteiger partial charge in [-0.25, -0.2) is 9.07 Å². The third kappa shape index (κ3) is 2.96. The second-order valence-corrected chi connectivity index (χ2v) is 4.81. The molecular formula is C14H17ClFN3. The number of rotatable bonds is 5. The lowest BCUT2D eigenvalue weighted by molar-refractivity contribution is 0.624. The second kappa shape index (κ2) is 6.17. The number of benzene rings is 1. The van der Waals surface area contributed by atoms with Gasteiger partial charge < -0.3 is 5.32 Å². The van der Waals surface area contributed by atoms with E-state index in [9.17, 15) is 4.39 Å². The zero-order valence-electron chi connectivity index (χ0n) is 11.1. The van der Waals surface area contributed by atoms with E-state index in [2.05, 4.69) is 17.3 Å². The van der Waals surface area contributed by atoms with Crippen molar-refractivity contribution >= 4 is 11.6 Å². The minimum Gasteiger partial charge on any atom is -0.316 e. The molecule has 0 atom stereocenters. The van der Waals surface area contributed by atoms with Crippen molar-refractivity contribution in [1.82, 2.24) is 15.1 Å². The van der Waals surface area contributed by atoms with Gasteiger partial charge in [0.15, 0.2) is 0 Å². The van der Waals surface area contributed by atoms with Gasteiger partial charge in [0.1, 0.15) is 5.82 Å². The summed E-state index contributed by atoms with van der Waals surface area (Å²) in [6.07, 6.45) is 3.74. The Kier molecular flexibility index (Phi) is 4.56. The molecule has 5 heteroatoms. The second-order valence-electron chi connectivity index (χ2n) is 4.41. The topological polar surface area (TPSA) is 29.9 Å². The third-order valence-corrected chi connectivity index (χ3v) is 3.26. The fraction of sp³-hybridized carbons (Fsp3) is 0.357. The molecule has 0 aliphatic carbocycles. The molecule has 0 aliphatic heterocycles. The quantitative estimate of drug-likeness (QED) is 0.911. The molecular weight excluding hydrogens is 265 g/mol. The van der Waals surface area contributed by atoms with Gasteiger partial charge in [0.25, 0.3) is 0 Å². The highest BCUT2D eigenvalue weighted by Gasteiger charge is 2.12. The highest BCUT2D eigenvalue weighted by molar-refractivity contribution is 6.30. The molecule has 3 nitrogen and oxygen atoms in total. The minimum atomic E-state index is -0.424. The summed E-state index contributed by atoms with van der Waals surface area (Å²) >= 11 is 5.71. The summed E-state index contributed by atoms with van der Waals surface area (Å²) in [6.45, 7) is 2.87. The Morgan fingerprint density at radius 2 is 2.21 bits per heavy atom. The smallest absolute Gasteiger partial charge is 0.143 e. The molecule has 19 heavy (non-hydrogen) atoms. The van der Waals surface area contributed by atoms with E-state index in [4.69, 9.17) is 11.6 Å². The fourth-order valence-corrected chi connectivity index (χ4v) is 2.21. The maximum absolute atomic E-state index is 13.6. The van der Waals surface area contributed by atoms with Crippen LogP contribution >= 0.6 is 11.6 Å². The van der Waals surface area contributed by atoms with Crippen LogP contribution in [0.2, 0.25) is 5.02 Å². The van der Waals surface area contributed by atoms with Crippen molar-refractivity contribution in [1.29, 1.82) is 0 Å². The van der Waals surface area contributed by atoms with Gasteiger partial charge in [-0.1, -0.05) is 24.9 Å². The molecule has 1 aromatic carbocycles. The van der Waals surface area contributed by atoms with Crippen molar-refractivity contribution in [2.45, 2.75) is 26.3 Å². The Balaban J connectivity index is 2.45. The van der Waals surface area contributed by atoms with Gasteiger partial charge in [-0.3, -0.25) is 0 Å². The van der Waals surface area contributed by atoms with E-state index >= 15 is 0 Å². The number of halogens is 2. The largest absolute Gasteiger partial charge is 0.316 e. The Labute approximate surface area is 117 Å². The van der Waals surface area contributed by atoms with Gasteiger partial charge in [0.05, 0.1) is 16.9 Å². The first-order valence-electron chi connectivity index (χ1n) is 6.33. The Morgan fingerprint density at radius 1 is 1.42 bits per heavy atom. The van der Waals surface area contributed by atoms with Crippen molar-refractivity contribution in [3.63, 3.8) is 0 Å². The molecule has 2 aromatic rings. The van der Waals surface area contributed by atoms with Crippen molar-refractivity contribution in [2.75, 3.05) is 7.05 Å². The molecule has 0 unspecified atom stereocenters. The van der Waals surface area contributed by atoms with E-state index in [-0.39, 0.29) is 5.02 Å². The van der Waals surface area contributed by atoms with Crippen LogP contribution in [-0.4, -0.2) is 16.8 Å². The van der Waals surface area contributed by atoms with Crippen LogP contribution in [-0.2, 0) is 13.0 Å². The number of nitrogens with zero attached hydrogens (tertiary/aromatic N) is 2. The summed E-state index contributed by atoms with van der Waals surface area (Å²) in [7, 11) is 1.90. The van der Waals surface area contributed by atoms with Gasteiger partial charge >= 0.3 is 0 Å². The number of hydrogen-bond donors (Lipinski definition) is 1. The zero-order valence-corrected chi connectivity index (χ0v) is 11.8. The molecule has 1 N–H and O–H groups in total. The van der Waals surface area contributed by atoms with Crippen LogP contribution in [0.25, 0.3) is 5.69 Å². The standard InChI is InChI=1S/C14H17ClFN3/c1-3-4-14-10(8-17-2)9-18-19(14)11-5-6-12(15)13(16)7-11/h5-7,9,17H,3-4,8H2,1-2H3. The van der Waals surface area contributed by atoms with Crippen molar-refractivity contribution in [3.8, 4) is 5.69 Å². The molecule has 0 bridgehead atoms.